The summed E-state index contributed by atoms with van der Waals surface area (Å²) in [6.07, 6.45) is 6.80. The lowest BCUT2D eigenvalue weighted by Gasteiger charge is -2.24. The first kappa shape index (κ1) is 20.2. The number of anilines is 1. The topological polar surface area (TPSA) is 104 Å². The summed E-state index contributed by atoms with van der Waals surface area (Å²) >= 11 is 0. The number of nitrogens with zero attached hydrogens (tertiary/aromatic N) is 6. The van der Waals surface area contributed by atoms with E-state index in [4.69, 9.17) is 10.5 Å². The van der Waals surface area contributed by atoms with Crippen LogP contribution in [0.15, 0.2) is 55.4 Å². The van der Waals surface area contributed by atoms with Crippen LogP contribution in [-0.4, -0.2) is 48.4 Å². The molecule has 6 rings (SSSR count). The van der Waals surface area contributed by atoms with Gasteiger partial charge in [0, 0.05) is 30.9 Å². The summed E-state index contributed by atoms with van der Waals surface area (Å²) in [5, 5.41) is 0. The number of benzene rings is 2. The van der Waals surface area contributed by atoms with Crippen LogP contribution in [0.4, 0.5) is 10.2 Å². The highest BCUT2D eigenvalue weighted by Crippen LogP contribution is 2.38. The number of carbonyl (C=O) groups is 1. The summed E-state index contributed by atoms with van der Waals surface area (Å²) < 4.78 is 24.5. The van der Waals surface area contributed by atoms with E-state index in [2.05, 4.69) is 15.0 Å². The molecule has 0 unspecified atom stereocenters. The summed E-state index contributed by atoms with van der Waals surface area (Å²) in [5.41, 5.74) is 10.1. The van der Waals surface area contributed by atoms with Crippen LogP contribution >= 0.6 is 0 Å². The van der Waals surface area contributed by atoms with Gasteiger partial charge in [-0.05, 0) is 19.1 Å². The van der Waals surface area contributed by atoms with Gasteiger partial charge in [-0.1, -0.05) is 6.07 Å². The van der Waals surface area contributed by atoms with E-state index in [-0.39, 0.29) is 24.0 Å². The largest absolute Gasteiger partial charge is 0.491 e. The van der Waals surface area contributed by atoms with Crippen molar-refractivity contribution in [3.8, 4) is 11.4 Å². The monoisotopic (exact) mass is 457 g/mol. The lowest BCUT2D eigenvalue weighted by Crippen LogP contribution is -2.32. The second kappa shape index (κ2) is 7.27. The zero-order chi connectivity index (χ0) is 23.6. The molecule has 0 saturated heterocycles. The van der Waals surface area contributed by atoms with Crippen molar-refractivity contribution in [1.29, 1.82) is 0 Å². The summed E-state index contributed by atoms with van der Waals surface area (Å²) in [5.74, 6) is -0.196. The molecule has 1 aliphatic heterocycles. The number of rotatable bonds is 3. The van der Waals surface area contributed by atoms with Crippen LogP contribution in [0.2, 0.25) is 0 Å². The lowest BCUT2D eigenvalue weighted by molar-refractivity contribution is 0.0704. The molecule has 2 N–H and O–H groups in total. The van der Waals surface area contributed by atoms with Crippen molar-refractivity contribution in [2.45, 2.75) is 13.0 Å². The van der Waals surface area contributed by atoms with Gasteiger partial charge < -0.3 is 19.9 Å². The second-order valence-electron chi connectivity index (χ2n) is 8.35. The van der Waals surface area contributed by atoms with E-state index in [0.29, 0.717) is 22.3 Å². The summed E-state index contributed by atoms with van der Waals surface area (Å²) in [4.78, 5) is 27.5. The molecule has 34 heavy (non-hydrogen) atoms. The number of amides is 1. The highest BCUT2D eigenvalue weighted by Gasteiger charge is 2.32. The molecule has 5 aromatic rings. The van der Waals surface area contributed by atoms with Gasteiger partial charge >= 0.3 is 0 Å². The third kappa shape index (κ3) is 2.99. The summed E-state index contributed by atoms with van der Waals surface area (Å²) in [7, 11) is 1.65. The molecule has 2 aromatic carbocycles. The molecule has 0 fully saturated rings. The number of imidazole rings is 2. The smallest absolute Gasteiger partial charge is 0.257 e. The van der Waals surface area contributed by atoms with Crippen molar-refractivity contribution < 1.29 is 13.9 Å². The Morgan fingerprint density at radius 2 is 2.09 bits per heavy atom. The minimum atomic E-state index is -0.666. The third-order valence-electron chi connectivity index (χ3n) is 6.25. The van der Waals surface area contributed by atoms with Crippen molar-refractivity contribution in [3.05, 3.63) is 78.0 Å². The molecular weight excluding hydrogens is 437 g/mol. The van der Waals surface area contributed by atoms with Crippen LogP contribution in [0.25, 0.3) is 22.2 Å². The number of likely N-dealkylation sites (N-methyl/N-ethyl adjacent to an activating group) is 1. The van der Waals surface area contributed by atoms with E-state index in [0.717, 1.165) is 16.9 Å². The molecule has 10 heteroatoms. The van der Waals surface area contributed by atoms with Crippen molar-refractivity contribution >= 4 is 28.3 Å². The SMILES string of the molecule is Cc1cn(-c2ccc3c(c2)OC[C@H]3N(C)C(=O)c2cc3c(cc2F)nc(N)c2cncn23)cn1. The van der Waals surface area contributed by atoms with Gasteiger partial charge in [-0.25, -0.2) is 19.3 Å². The lowest BCUT2D eigenvalue weighted by atomic mass is 10.0. The Morgan fingerprint density at radius 3 is 2.88 bits per heavy atom. The molecule has 0 aliphatic carbocycles. The standard InChI is InChI=1S/C24H20FN7O2/c1-13-9-31(12-28-13)14-3-4-15-21(10-34-22(15)5-14)30(2)24(33)16-6-19-18(7-17(16)25)29-23(26)20-8-27-11-32(19)20/h3-9,11-12,21H,10H2,1-2H3,(H2,26,29)/t21-/m1/s1. The fraction of sp³-hybridized carbons (Fsp3) is 0.167. The molecule has 0 radical (unpaired) electrons. The van der Waals surface area contributed by atoms with Gasteiger partial charge in [0.05, 0.1) is 52.9 Å². The van der Waals surface area contributed by atoms with E-state index < -0.39 is 11.7 Å². The van der Waals surface area contributed by atoms with Crippen molar-refractivity contribution in [2.75, 3.05) is 19.4 Å². The van der Waals surface area contributed by atoms with E-state index >= 15 is 4.39 Å². The normalized spacial score (nSPS) is 15.0. The van der Waals surface area contributed by atoms with Gasteiger partial charge in [-0.3, -0.25) is 9.20 Å². The van der Waals surface area contributed by atoms with Gasteiger partial charge in [0.1, 0.15) is 29.5 Å². The van der Waals surface area contributed by atoms with Gasteiger partial charge in [0.2, 0.25) is 0 Å². The number of aryl methyl sites for hydroxylation is 1. The molecule has 1 amide bonds. The number of nitrogens with two attached hydrogens (primary N) is 1. The van der Waals surface area contributed by atoms with Gasteiger partial charge in [-0.15, -0.1) is 0 Å². The molecule has 1 atom stereocenters. The van der Waals surface area contributed by atoms with Crippen LogP contribution in [0.5, 0.6) is 5.75 Å². The van der Waals surface area contributed by atoms with Gasteiger partial charge in [0.25, 0.3) is 5.91 Å². The maximum absolute atomic E-state index is 15.0. The first-order valence-corrected chi connectivity index (χ1v) is 10.7. The van der Waals surface area contributed by atoms with E-state index in [1.807, 2.05) is 35.9 Å². The maximum Gasteiger partial charge on any atom is 0.257 e. The average molecular weight is 457 g/mol. The Kier molecular flexibility index (Phi) is 4.31. The zero-order valence-corrected chi connectivity index (χ0v) is 18.4. The number of carbonyl (C=O) groups excluding carboxylic acids is 1. The van der Waals surface area contributed by atoms with Crippen LogP contribution in [0.3, 0.4) is 0 Å². The Bertz CT molecular complexity index is 1610. The number of aromatic nitrogens is 5. The number of halogens is 1. The zero-order valence-electron chi connectivity index (χ0n) is 18.4. The number of ether oxygens (including phenoxy) is 1. The van der Waals surface area contributed by atoms with E-state index in [9.17, 15) is 4.79 Å². The quantitative estimate of drug-likeness (QED) is 0.446. The second-order valence-corrected chi connectivity index (χ2v) is 8.35. The van der Waals surface area contributed by atoms with Crippen LogP contribution in [0, 0.1) is 12.7 Å². The predicted molar refractivity (Wildman–Crippen MR) is 123 cm³/mol. The van der Waals surface area contributed by atoms with Crippen molar-refractivity contribution in [1.82, 2.24) is 28.8 Å². The number of nitrogen functional groups attached to an aromatic ring is 1. The molecule has 3 aromatic heterocycles. The molecule has 9 nitrogen and oxygen atoms in total. The van der Waals surface area contributed by atoms with Crippen molar-refractivity contribution in [2.24, 2.45) is 0 Å². The molecule has 0 bridgehead atoms. The molecule has 0 saturated carbocycles. The first-order chi connectivity index (χ1) is 16.4. The van der Waals surface area contributed by atoms with Crippen LogP contribution in [0.1, 0.15) is 27.7 Å². The van der Waals surface area contributed by atoms with Crippen molar-refractivity contribution in [3.63, 3.8) is 0 Å². The molecule has 1 aliphatic rings. The minimum Gasteiger partial charge on any atom is -0.491 e. The Labute approximate surface area is 193 Å². The Balaban J connectivity index is 1.35. The number of hydrogen-bond acceptors (Lipinski definition) is 6. The van der Waals surface area contributed by atoms with Crippen LogP contribution in [-0.2, 0) is 0 Å². The average Bonchev–Trinajstić information content (AvgIpc) is 3.57. The molecular formula is C24H20FN7O2. The Hall–Kier alpha value is -4.47. The maximum atomic E-state index is 15.0. The van der Waals surface area contributed by atoms with Gasteiger partial charge in [-0.2, -0.15) is 0 Å². The fourth-order valence-corrected chi connectivity index (χ4v) is 4.42. The van der Waals surface area contributed by atoms with E-state index in [1.54, 1.807) is 30.3 Å². The summed E-state index contributed by atoms with van der Waals surface area (Å²) in [6.45, 7) is 2.20. The fourth-order valence-electron chi connectivity index (χ4n) is 4.42. The molecule has 170 valence electrons. The molecule has 4 heterocycles. The van der Waals surface area contributed by atoms with Crippen LogP contribution < -0.4 is 10.5 Å². The highest BCUT2D eigenvalue weighted by molar-refractivity contribution is 5.98. The highest BCUT2D eigenvalue weighted by atomic mass is 19.1. The van der Waals surface area contributed by atoms with Gasteiger partial charge in [0.15, 0.2) is 0 Å². The predicted octanol–water partition coefficient (Wildman–Crippen LogP) is 3.30. The Morgan fingerprint density at radius 1 is 1.24 bits per heavy atom. The number of hydrogen-bond donors (Lipinski definition) is 1. The summed E-state index contributed by atoms with van der Waals surface area (Å²) in [6, 6.07) is 8.16. The van der Waals surface area contributed by atoms with E-state index in [1.165, 1.54) is 17.0 Å². The minimum absolute atomic E-state index is 0.0597. The first-order valence-electron chi connectivity index (χ1n) is 10.7. The third-order valence-corrected chi connectivity index (χ3v) is 6.25. The number of fused-ring (bicyclic) bond motifs is 4. The molecule has 0 spiro atoms.